The van der Waals surface area contributed by atoms with E-state index >= 15 is 0 Å². The first-order valence-corrected chi connectivity index (χ1v) is 5.39. The molecule has 16 heavy (non-hydrogen) atoms. The Morgan fingerprint density at radius 3 is 2.12 bits per heavy atom. The number of rotatable bonds is 1. The minimum Gasteiger partial charge on any atom is -0.342 e. The molecular weight excluding hydrogens is 219 g/mol. The summed E-state index contributed by atoms with van der Waals surface area (Å²) in [7, 11) is 0. The van der Waals surface area contributed by atoms with Gasteiger partial charge in [0, 0.05) is 25.6 Å². The number of likely N-dealkylation sites (tertiary alicyclic amines) is 1. The van der Waals surface area contributed by atoms with Gasteiger partial charge in [-0.25, -0.2) is 0 Å². The number of allylic oxidation sites excluding steroid dienone is 1. The molecule has 0 saturated carbocycles. The molecule has 1 saturated heterocycles. The quantitative estimate of drug-likeness (QED) is 0.640. The predicted octanol–water partition coefficient (Wildman–Crippen LogP) is 2.90. The van der Waals surface area contributed by atoms with Crippen LogP contribution in [0.1, 0.15) is 33.1 Å². The molecule has 1 aliphatic rings. The lowest BCUT2D eigenvalue weighted by Gasteiger charge is -2.29. The van der Waals surface area contributed by atoms with Gasteiger partial charge in [0.15, 0.2) is 0 Å². The molecule has 1 rings (SSSR count). The lowest BCUT2D eigenvalue weighted by Crippen LogP contribution is -2.35. The normalized spacial score (nSPS) is 17.6. The molecule has 92 valence electrons. The molecule has 1 amide bonds. The summed E-state index contributed by atoms with van der Waals surface area (Å²) in [5, 5.41) is 0. The minimum absolute atomic E-state index is 0.0128. The molecule has 0 aromatic rings. The number of hydrogen-bond donors (Lipinski definition) is 0. The van der Waals surface area contributed by atoms with Crippen molar-refractivity contribution in [3.05, 3.63) is 11.1 Å². The molecule has 0 aliphatic carbocycles. The number of amides is 1. The van der Waals surface area contributed by atoms with Crippen molar-refractivity contribution in [2.45, 2.75) is 39.3 Å². The zero-order valence-corrected chi connectivity index (χ0v) is 9.52. The third-order valence-corrected chi connectivity index (χ3v) is 2.93. The number of piperidine rings is 1. The molecule has 0 spiro atoms. The number of carbonyl (C=O) groups excluding carboxylic acids is 1. The highest BCUT2D eigenvalue weighted by Crippen LogP contribution is 2.34. The maximum atomic E-state index is 12.6. The number of hydrogen-bond acceptors (Lipinski definition) is 1. The van der Waals surface area contributed by atoms with Gasteiger partial charge in [-0.05, 0) is 19.3 Å². The Morgan fingerprint density at radius 1 is 1.31 bits per heavy atom. The first kappa shape index (κ1) is 13.1. The van der Waals surface area contributed by atoms with E-state index in [1.54, 1.807) is 4.90 Å². The highest BCUT2D eigenvalue weighted by Gasteiger charge is 2.35. The first-order chi connectivity index (χ1) is 7.36. The van der Waals surface area contributed by atoms with Gasteiger partial charge in [-0.15, -0.1) is 0 Å². The van der Waals surface area contributed by atoms with Crippen LogP contribution in [-0.4, -0.2) is 30.1 Å². The van der Waals surface area contributed by atoms with Gasteiger partial charge in [0.05, 0.1) is 0 Å². The number of carbonyl (C=O) groups is 1. The second-order valence-electron chi connectivity index (χ2n) is 3.94. The largest absolute Gasteiger partial charge is 0.412 e. The zero-order valence-electron chi connectivity index (χ0n) is 9.52. The number of nitrogens with zero attached hydrogens (tertiary/aromatic N) is 1. The molecule has 0 unspecified atom stereocenters. The van der Waals surface area contributed by atoms with E-state index in [2.05, 4.69) is 0 Å². The Hall–Kier alpha value is -1.00. The zero-order chi connectivity index (χ0) is 12.3. The molecule has 1 fully saturated rings. The molecule has 0 aromatic heterocycles. The van der Waals surface area contributed by atoms with E-state index < -0.39 is 11.7 Å². The maximum Gasteiger partial charge on any atom is 0.412 e. The summed E-state index contributed by atoms with van der Waals surface area (Å²) in [6.45, 7) is 3.78. The van der Waals surface area contributed by atoms with E-state index in [9.17, 15) is 18.0 Å². The van der Waals surface area contributed by atoms with E-state index in [-0.39, 0.29) is 12.3 Å². The fourth-order valence-corrected chi connectivity index (χ4v) is 2.04. The Labute approximate surface area is 93.1 Å². The summed E-state index contributed by atoms with van der Waals surface area (Å²) in [5.74, 6) is -0.0656. The lowest BCUT2D eigenvalue weighted by molar-refractivity contribution is -0.129. The SMILES string of the molecule is CCC(=C1CCN(C(C)=O)CC1)C(F)(F)F. The van der Waals surface area contributed by atoms with Crippen LogP contribution >= 0.6 is 0 Å². The summed E-state index contributed by atoms with van der Waals surface area (Å²) in [6, 6.07) is 0. The van der Waals surface area contributed by atoms with Gasteiger partial charge in [0.2, 0.25) is 5.91 Å². The van der Waals surface area contributed by atoms with Gasteiger partial charge >= 0.3 is 6.18 Å². The van der Waals surface area contributed by atoms with Gasteiger partial charge in [-0.1, -0.05) is 12.5 Å². The highest BCUT2D eigenvalue weighted by atomic mass is 19.4. The molecule has 0 aromatic carbocycles. The molecule has 0 radical (unpaired) electrons. The standard InChI is InChI=1S/C11H16F3NO/c1-3-10(11(12,13)14)9-4-6-15(7-5-9)8(2)16/h3-7H2,1-2H3. The van der Waals surface area contributed by atoms with Crippen molar-refractivity contribution in [1.82, 2.24) is 4.90 Å². The van der Waals surface area contributed by atoms with Crippen LogP contribution in [0.2, 0.25) is 0 Å². The van der Waals surface area contributed by atoms with Gasteiger partial charge in [-0.3, -0.25) is 4.79 Å². The van der Waals surface area contributed by atoms with Crippen molar-refractivity contribution >= 4 is 5.91 Å². The maximum absolute atomic E-state index is 12.6. The predicted molar refractivity (Wildman–Crippen MR) is 54.9 cm³/mol. The molecule has 0 atom stereocenters. The van der Waals surface area contributed by atoms with Crippen molar-refractivity contribution in [3.8, 4) is 0 Å². The van der Waals surface area contributed by atoms with E-state index in [0.29, 0.717) is 31.5 Å². The number of halogens is 3. The molecule has 0 N–H and O–H groups in total. The molecule has 1 heterocycles. The summed E-state index contributed by atoms with van der Waals surface area (Å²) in [4.78, 5) is 12.6. The summed E-state index contributed by atoms with van der Waals surface area (Å²) < 4.78 is 37.9. The van der Waals surface area contributed by atoms with Crippen molar-refractivity contribution in [2.75, 3.05) is 13.1 Å². The average molecular weight is 235 g/mol. The third-order valence-electron chi connectivity index (χ3n) is 2.93. The molecular formula is C11H16F3NO. The third kappa shape index (κ3) is 3.00. The van der Waals surface area contributed by atoms with Crippen LogP contribution in [-0.2, 0) is 4.79 Å². The van der Waals surface area contributed by atoms with Crippen LogP contribution in [0.4, 0.5) is 13.2 Å². The Kier molecular flexibility index (Phi) is 3.99. The van der Waals surface area contributed by atoms with Crippen molar-refractivity contribution in [1.29, 1.82) is 0 Å². The summed E-state index contributed by atoms with van der Waals surface area (Å²) in [5.41, 5.74) is 0.0585. The monoisotopic (exact) mass is 235 g/mol. The minimum atomic E-state index is -4.22. The smallest absolute Gasteiger partial charge is 0.342 e. The van der Waals surface area contributed by atoms with Gasteiger partial charge in [0.25, 0.3) is 0 Å². The van der Waals surface area contributed by atoms with E-state index in [4.69, 9.17) is 0 Å². The van der Waals surface area contributed by atoms with E-state index in [0.717, 1.165) is 0 Å². The molecule has 1 aliphatic heterocycles. The molecule has 5 heteroatoms. The molecule has 0 bridgehead atoms. The van der Waals surface area contributed by atoms with Crippen LogP contribution in [0.5, 0.6) is 0 Å². The van der Waals surface area contributed by atoms with Gasteiger partial charge in [-0.2, -0.15) is 13.2 Å². The first-order valence-electron chi connectivity index (χ1n) is 5.39. The van der Waals surface area contributed by atoms with Crippen molar-refractivity contribution < 1.29 is 18.0 Å². The second kappa shape index (κ2) is 4.89. The van der Waals surface area contributed by atoms with E-state index in [1.165, 1.54) is 13.8 Å². The fourth-order valence-electron chi connectivity index (χ4n) is 2.04. The van der Waals surface area contributed by atoms with Crippen molar-refractivity contribution in [3.63, 3.8) is 0 Å². The van der Waals surface area contributed by atoms with Crippen molar-refractivity contribution in [2.24, 2.45) is 0 Å². The fraction of sp³-hybridized carbons (Fsp3) is 0.727. The number of alkyl halides is 3. The average Bonchev–Trinajstić information content (AvgIpc) is 2.17. The van der Waals surface area contributed by atoms with Crippen LogP contribution in [0.3, 0.4) is 0 Å². The van der Waals surface area contributed by atoms with Crippen LogP contribution in [0, 0.1) is 0 Å². The van der Waals surface area contributed by atoms with E-state index in [1.807, 2.05) is 0 Å². The summed E-state index contributed by atoms with van der Waals surface area (Å²) >= 11 is 0. The topological polar surface area (TPSA) is 20.3 Å². The molecule has 2 nitrogen and oxygen atoms in total. The Bertz CT molecular complexity index is 297. The van der Waals surface area contributed by atoms with Crippen LogP contribution in [0.15, 0.2) is 11.1 Å². The second-order valence-corrected chi connectivity index (χ2v) is 3.94. The van der Waals surface area contributed by atoms with Crippen LogP contribution < -0.4 is 0 Å². The Morgan fingerprint density at radius 2 is 1.81 bits per heavy atom. The lowest BCUT2D eigenvalue weighted by atomic mass is 9.96. The summed E-state index contributed by atoms with van der Waals surface area (Å²) in [6.07, 6.45) is -3.51. The van der Waals surface area contributed by atoms with Gasteiger partial charge in [0.1, 0.15) is 0 Å². The highest BCUT2D eigenvalue weighted by molar-refractivity contribution is 5.73. The van der Waals surface area contributed by atoms with Gasteiger partial charge < -0.3 is 4.90 Å². The Balaban J connectivity index is 2.77. The van der Waals surface area contributed by atoms with Crippen LogP contribution in [0.25, 0.3) is 0 Å².